The topological polar surface area (TPSA) is 12.0 Å². The Morgan fingerprint density at radius 2 is 1.89 bits per heavy atom. The van der Waals surface area contributed by atoms with E-state index in [-0.39, 0.29) is 11.2 Å². The highest BCUT2D eigenvalue weighted by atomic mass is 32.1. The molecule has 1 aromatic carbocycles. The first-order valence-corrected chi connectivity index (χ1v) is 7.58. The maximum Gasteiger partial charge on any atom is 0.127 e. The lowest BCUT2D eigenvalue weighted by molar-refractivity contribution is 0.267. The lowest BCUT2D eigenvalue weighted by Gasteiger charge is -2.43. The van der Waals surface area contributed by atoms with Crippen LogP contribution in [0.25, 0.3) is 0 Å². The highest BCUT2D eigenvalue weighted by Gasteiger charge is 2.40. The molecule has 0 aliphatic carbocycles. The molecule has 2 aromatic rings. The molecule has 1 fully saturated rings. The number of benzene rings is 1. The molecule has 3 rings (SSSR count). The van der Waals surface area contributed by atoms with Crippen LogP contribution in [-0.4, -0.2) is 13.1 Å². The molecule has 0 spiro atoms. The molecular formula is C16H18FNS. The Morgan fingerprint density at radius 3 is 2.47 bits per heavy atom. The van der Waals surface area contributed by atoms with E-state index in [1.165, 1.54) is 9.75 Å². The fraction of sp³-hybridized carbons (Fsp3) is 0.375. The van der Waals surface area contributed by atoms with Crippen molar-refractivity contribution < 1.29 is 4.39 Å². The third-order valence-corrected chi connectivity index (χ3v) is 5.18. The average molecular weight is 275 g/mol. The Balaban J connectivity index is 1.89. The first kappa shape index (κ1) is 12.8. The Hall–Kier alpha value is -1.19. The van der Waals surface area contributed by atoms with E-state index in [4.69, 9.17) is 0 Å². The van der Waals surface area contributed by atoms with Crippen LogP contribution in [0.5, 0.6) is 0 Å². The van der Waals surface area contributed by atoms with Crippen molar-refractivity contribution in [3.63, 3.8) is 0 Å². The van der Waals surface area contributed by atoms with Gasteiger partial charge in [0.05, 0.1) is 0 Å². The molecular weight excluding hydrogens is 257 g/mol. The van der Waals surface area contributed by atoms with E-state index >= 15 is 0 Å². The molecule has 19 heavy (non-hydrogen) atoms. The van der Waals surface area contributed by atoms with Crippen molar-refractivity contribution in [1.29, 1.82) is 0 Å². The summed E-state index contributed by atoms with van der Waals surface area (Å²) in [6, 6.07) is 11.6. The summed E-state index contributed by atoms with van der Waals surface area (Å²) >= 11 is 1.86. The van der Waals surface area contributed by atoms with Crippen molar-refractivity contribution in [3.05, 3.63) is 57.5 Å². The number of rotatable bonds is 4. The van der Waals surface area contributed by atoms with Gasteiger partial charge in [0, 0.05) is 28.3 Å². The van der Waals surface area contributed by atoms with Crippen LogP contribution >= 0.6 is 11.3 Å². The third-order valence-electron chi connectivity index (χ3n) is 3.95. The Bertz CT molecular complexity index is 572. The molecule has 0 unspecified atom stereocenters. The minimum absolute atomic E-state index is 0.0544. The fourth-order valence-electron chi connectivity index (χ4n) is 2.77. The molecule has 3 heteroatoms. The van der Waals surface area contributed by atoms with E-state index in [0.29, 0.717) is 0 Å². The maximum absolute atomic E-state index is 14.1. The molecule has 1 nitrogen and oxygen atoms in total. The van der Waals surface area contributed by atoms with Crippen LogP contribution in [-0.2, 0) is 18.3 Å². The van der Waals surface area contributed by atoms with Crippen molar-refractivity contribution >= 4 is 11.3 Å². The molecule has 1 saturated heterocycles. The van der Waals surface area contributed by atoms with Crippen molar-refractivity contribution in [2.24, 2.45) is 0 Å². The van der Waals surface area contributed by atoms with Crippen LogP contribution in [0.3, 0.4) is 0 Å². The van der Waals surface area contributed by atoms with E-state index in [9.17, 15) is 4.39 Å². The molecule has 0 amide bonds. The molecule has 0 atom stereocenters. The van der Waals surface area contributed by atoms with Gasteiger partial charge >= 0.3 is 0 Å². The second-order valence-electron chi connectivity index (χ2n) is 5.26. The number of nitrogens with one attached hydrogen (secondary N) is 1. The lowest BCUT2D eigenvalue weighted by Crippen LogP contribution is -2.58. The number of halogens is 1. The summed E-state index contributed by atoms with van der Waals surface area (Å²) in [7, 11) is 0. The van der Waals surface area contributed by atoms with E-state index in [0.717, 1.165) is 31.5 Å². The second-order valence-corrected chi connectivity index (χ2v) is 6.51. The fourth-order valence-corrected chi connectivity index (χ4v) is 3.87. The quantitative estimate of drug-likeness (QED) is 0.900. The Labute approximate surface area is 117 Å². The highest BCUT2D eigenvalue weighted by Crippen LogP contribution is 2.35. The molecule has 2 heterocycles. The molecule has 0 bridgehead atoms. The summed E-state index contributed by atoms with van der Waals surface area (Å²) < 4.78 is 14.1. The molecule has 0 saturated carbocycles. The monoisotopic (exact) mass is 275 g/mol. The van der Waals surface area contributed by atoms with E-state index in [2.05, 4.69) is 24.4 Å². The maximum atomic E-state index is 14.1. The number of thiophene rings is 1. The summed E-state index contributed by atoms with van der Waals surface area (Å²) in [6.45, 7) is 3.91. The summed E-state index contributed by atoms with van der Waals surface area (Å²) in [6.07, 6.45) is 2.02. The summed E-state index contributed by atoms with van der Waals surface area (Å²) in [4.78, 5) is 2.77. The van der Waals surface area contributed by atoms with Gasteiger partial charge in [0.25, 0.3) is 0 Å². The van der Waals surface area contributed by atoms with E-state index < -0.39 is 0 Å². The minimum atomic E-state index is -0.0729. The van der Waals surface area contributed by atoms with Gasteiger partial charge in [-0.1, -0.05) is 25.1 Å². The van der Waals surface area contributed by atoms with Crippen LogP contribution in [0, 0.1) is 5.82 Å². The van der Waals surface area contributed by atoms with Crippen LogP contribution < -0.4 is 5.32 Å². The van der Waals surface area contributed by atoms with Gasteiger partial charge in [0.1, 0.15) is 5.82 Å². The molecule has 0 radical (unpaired) electrons. The van der Waals surface area contributed by atoms with Gasteiger partial charge in [-0.15, -0.1) is 11.3 Å². The van der Waals surface area contributed by atoms with Crippen LogP contribution in [0.4, 0.5) is 4.39 Å². The Kier molecular flexibility index (Phi) is 3.42. The summed E-state index contributed by atoms with van der Waals surface area (Å²) in [5, 5.41) is 3.31. The largest absolute Gasteiger partial charge is 0.315 e. The van der Waals surface area contributed by atoms with Gasteiger partial charge in [-0.2, -0.15) is 0 Å². The van der Waals surface area contributed by atoms with Gasteiger partial charge in [0.2, 0.25) is 0 Å². The standard InChI is InChI=1S/C16H18FNS/c1-2-12-7-8-13(19-12)9-16(10-18-11-16)14-5-3-4-6-15(14)17/h3-8,18H,2,9-11H2,1H3. The summed E-state index contributed by atoms with van der Waals surface area (Å²) in [5.41, 5.74) is 0.807. The lowest BCUT2D eigenvalue weighted by atomic mass is 9.72. The average Bonchev–Trinajstić information content (AvgIpc) is 2.82. The van der Waals surface area contributed by atoms with Crippen LogP contribution in [0.2, 0.25) is 0 Å². The first-order chi connectivity index (χ1) is 9.23. The van der Waals surface area contributed by atoms with Gasteiger partial charge in [-0.25, -0.2) is 4.39 Å². The molecule has 100 valence electrons. The van der Waals surface area contributed by atoms with Crippen LogP contribution in [0.1, 0.15) is 22.2 Å². The molecule has 1 aromatic heterocycles. The highest BCUT2D eigenvalue weighted by molar-refractivity contribution is 7.12. The molecule has 1 aliphatic heterocycles. The zero-order chi connectivity index (χ0) is 13.3. The van der Waals surface area contributed by atoms with Gasteiger partial charge in [-0.05, 0) is 36.6 Å². The zero-order valence-electron chi connectivity index (χ0n) is 11.1. The van der Waals surface area contributed by atoms with Crippen molar-refractivity contribution in [3.8, 4) is 0 Å². The van der Waals surface area contributed by atoms with Gasteiger partial charge in [-0.3, -0.25) is 0 Å². The normalized spacial score (nSPS) is 17.2. The van der Waals surface area contributed by atoms with E-state index in [1.54, 1.807) is 12.1 Å². The Morgan fingerprint density at radius 1 is 1.16 bits per heavy atom. The van der Waals surface area contributed by atoms with Gasteiger partial charge < -0.3 is 5.32 Å². The van der Waals surface area contributed by atoms with Crippen molar-refractivity contribution in [1.82, 2.24) is 5.32 Å². The minimum Gasteiger partial charge on any atom is -0.315 e. The predicted octanol–water partition coefficient (Wildman–Crippen LogP) is 3.53. The second kappa shape index (κ2) is 5.06. The molecule has 1 aliphatic rings. The van der Waals surface area contributed by atoms with Gasteiger partial charge in [0.15, 0.2) is 0 Å². The zero-order valence-corrected chi connectivity index (χ0v) is 11.9. The predicted molar refractivity (Wildman–Crippen MR) is 78.3 cm³/mol. The first-order valence-electron chi connectivity index (χ1n) is 6.77. The number of aryl methyl sites for hydroxylation is 1. The SMILES string of the molecule is CCc1ccc(CC2(c3ccccc3F)CNC2)s1. The van der Waals surface area contributed by atoms with Crippen molar-refractivity contribution in [2.75, 3.05) is 13.1 Å². The number of hydrogen-bond donors (Lipinski definition) is 1. The number of hydrogen-bond acceptors (Lipinski definition) is 2. The third kappa shape index (κ3) is 2.33. The van der Waals surface area contributed by atoms with E-state index in [1.807, 2.05) is 23.5 Å². The van der Waals surface area contributed by atoms with Crippen LogP contribution in [0.15, 0.2) is 36.4 Å². The van der Waals surface area contributed by atoms with Crippen molar-refractivity contribution in [2.45, 2.75) is 25.2 Å². The molecule has 1 N–H and O–H groups in total. The smallest absolute Gasteiger partial charge is 0.127 e. The summed E-state index contributed by atoms with van der Waals surface area (Å²) in [5.74, 6) is -0.0729.